The number of aliphatic hydroxyl groups excluding tert-OH is 1. The van der Waals surface area contributed by atoms with Crippen molar-refractivity contribution in [3.8, 4) is 0 Å². The van der Waals surface area contributed by atoms with Crippen LogP contribution in [0.2, 0.25) is 0 Å². The van der Waals surface area contributed by atoms with Crippen LogP contribution in [-0.2, 0) is 4.79 Å². The second-order valence-corrected chi connectivity index (χ2v) is 7.94. The van der Waals surface area contributed by atoms with E-state index in [0.29, 0.717) is 17.5 Å². The van der Waals surface area contributed by atoms with Gasteiger partial charge in [0.2, 0.25) is 5.91 Å². The van der Waals surface area contributed by atoms with E-state index in [1.165, 1.54) is 0 Å². The van der Waals surface area contributed by atoms with Gasteiger partial charge < -0.3 is 24.7 Å². The Labute approximate surface area is 170 Å². The van der Waals surface area contributed by atoms with E-state index in [-0.39, 0.29) is 18.4 Å². The van der Waals surface area contributed by atoms with Gasteiger partial charge in [0.15, 0.2) is 5.82 Å². The van der Waals surface area contributed by atoms with Crippen LogP contribution in [0.1, 0.15) is 31.4 Å². The van der Waals surface area contributed by atoms with Crippen LogP contribution in [0.3, 0.4) is 0 Å². The fourth-order valence-corrected chi connectivity index (χ4v) is 4.13. The molecule has 2 aliphatic rings. The Kier molecular flexibility index (Phi) is 5.94. The fourth-order valence-electron chi connectivity index (χ4n) is 4.13. The molecule has 0 spiro atoms. The van der Waals surface area contributed by atoms with Gasteiger partial charge in [-0.2, -0.15) is 0 Å². The lowest BCUT2D eigenvalue weighted by Crippen LogP contribution is -2.39. The number of nitrogens with one attached hydrogen (secondary N) is 1. The maximum Gasteiger partial charge on any atom is 0.228 e. The second kappa shape index (κ2) is 8.77. The molecule has 0 bridgehead atoms. The van der Waals surface area contributed by atoms with Gasteiger partial charge in [-0.15, -0.1) is 0 Å². The number of aliphatic hydroxyl groups is 1. The van der Waals surface area contributed by atoms with Crippen LogP contribution in [0.5, 0.6) is 0 Å². The molecule has 2 aromatic rings. The summed E-state index contributed by atoms with van der Waals surface area (Å²) in [5.74, 6) is 3.21. The van der Waals surface area contributed by atoms with Crippen LogP contribution < -0.4 is 15.1 Å². The van der Waals surface area contributed by atoms with E-state index in [1.54, 1.807) is 19.3 Å². The van der Waals surface area contributed by atoms with Gasteiger partial charge in [-0.05, 0) is 38.5 Å². The smallest absolute Gasteiger partial charge is 0.228 e. The van der Waals surface area contributed by atoms with Gasteiger partial charge in [-0.3, -0.25) is 4.79 Å². The SMILES string of the molecule is Cc1cc(NC(=O)C2CCN(c3cc(N4CCCC(CO)C4)ncn3)CC2)no1. The molecular weight excluding hydrogens is 372 g/mol. The molecule has 0 aliphatic carbocycles. The van der Waals surface area contributed by atoms with Crippen molar-refractivity contribution in [2.24, 2.45) is 11.8 Å². The highest BCUT2D eigenvalue weighted by Gasteiger charge is 2.27. The Morgan fingerprint density at radius 2 is 1.93 bits per heavy atom. The van der Waals surface area contributed by atoms with E-state index >= 15 is 0 Å². The molecule has 2 saturated heterocycles. The zero-order valence-corrected chi connectivity index (χ0v) is 16.8. The van der Waals surface area contributed by atoms with Gasteiger partial charge in [0.1, 0.15) is 23.7 Å². The summed E-state index contributed by atoms with van der Waals surface area (Å²) in [6.07, 6.45) is 5.26. The van der Waals surface area contributed by atoms with Crippen LogP contribution in [0.25, 0.3) is 0 Å². The van der Waals surface area contributed by atoms with Gasteiger partial charge in [-0.25, -0.2) is 9.97 Å². The van der Waals surface area contributed by atoms with Gasteiger partial charge in [0.05, 0.1) is 0 Å². The van der Waals surface area contributed by atoms with Gasteiger partial charge in [0.25, 0.3) is 0 Å². The zero-order valence-electron chi connectivity index (χ0n) is 16.8. The van der Waals surface area contributed by atoms with Crippen molar-refractivity contribution in [2.75, 3.05) is 47.9 Å². The summed E-state index contributed by atoms with van der Waals surface area (Å²) in [6.45, 7) is 5.34. The first-order valence-electron chi connectivity index (χ1n) is 10.3. The summed E-state index contributed by atoms with van der Waals surface area (Å²) < 4.78 is 5.00. The highest BCUT2D eigenvalue weighted by Crippen LogP contribution is 2.27. The first-order valence-corrected chi connectivity index (χ1v) is 10.3. The van der Waals surface area contributed by atoms with Crippen molar-refractivity contribution < 1.29 is 14.4 Å². The number of rotatable bonds is 5. The van der Waals surface area contributed by atoms with Crippen LogP contribution in [0, 0.1) is 18.8 Å². The number of piperidine rings is 2. The Bertz CT molecular complexity index is 833. The molecule has 0 radical (unpaired) electrons. The highest BCUT2D eigenvalue weighted by atomic mass is 16.5. The van der Waals surface area contributed by atoms with Gasteiger partial charge in [-0.1, -0.05) is 5.16 Å². The molecule has 2 aromatic heterocycles. The van der Waals surface area contributed by atoms with Crippen molar-refractivity contribution in [1.29, 1.82) is 0 Å². The van der Waals surface area contributed by atoms with Crippen molar-refractivity contribution >= 4 is 23.4 Å². The van der Waals surface area contributed by atoms with Crippen molar-refractivity contribution in [1.82, 2.24) is 15.1 Å². The van der Waals surface area contributed by atoms with E-state index in [4.69, 9.17) is 4.52 Å². The monoisotopic (exact) mass is 400 g/mol. The van der Waals surface area contributed by atoms with E-state index in [9.17, 15) is 9.90 Å². The number of aryl methyl sites for hydroxylation is 1. The first-order chi connectivity index (χ1) is 14.1. The Balaban J connectivity index is 1.34. The zero-order chi connectivity index (χ0) is 20.2. The van der Waals surface area contributed by atoms with Crippen molar-refractivity contribution in [2.45, 2.75) is 32.6 Å². The van der Waals surface area contributed by atoms with Gasteiger partial charge in [0, 0.05) is 50.8 Å². The van der Waals surface area contributed by atoms with E-state index in [1.807, 2.05) is 6.07 Å². The molecule has 1 amide bonds. The third-order valence-electron chi connectivity index (χ3n) is 5.81. The number of amides is 1. The lowest BCUT2D eigenvalue weighted by molar-refractivity contribution is -0.120. The number of carbonyl (C=O) groups excluding carboxylic acids is 1. The average molecular weight is 400 g/mol. The minimum Gasteiger partial charge on any atom is -0.396 e. The lowest BCUT2D eigenvalue weighted by Gasteiger charge is -2.34. The van der Waals surface area contributed by atoms with Crippen molar-refractivity contribution in [3.05, 3.63) is 24.2 Å². The van der Waals surface area contributed by atoms with E-state index in [2.05, 4.69) is 30.2 Å². The maximum atomic E-state index is 12.5. The molecule has 156 valence electrons. The number of nitrogens with zero attached hydrogens (tertiary/aromatic N) is 5. The predicted molar refractivity (Wildman–Crippen MR) is 109 cm³/mol. The predicted octanol–water partition coefficient (Wildman–Crippen LogP) is 1.84. The number of carbonyl (C=O) groups is 1. The number of hydrogen-bond donors (Lipinski definition) is 2. The highest BCUT2D eigenvalue weighted by molar-refractivity contribution is 5.91. The largest absolute Gasteiger partial charge is 0.396 e. The third-order valence-corrected chi connectivity index (χ3v) is 5.81. The molecule has 9 heteroatoms. The quantitative estimate of drug-likeness (QED) is 0.783. The maximum absolute atomic E-state index is 12.5. The topological polar surface area (TPSA) is 108 Å². The lowest BCUT2D eigenvalue weighted by atomic mass is 9.96. The van der Waals surface area contributed by atoms with Gasteiger partial charge >= 0.3 is 0 Å². The Morgan fingerprint density at radius 1 is 1.17 bits per heavy atom. The summed E-state index contributed by atoms with van der Waals surface area (Å²) in [4.78, 5) is 25.8. The minimum atomic E-state index is -0.0445. The average Bonchev–Trinajstić information content (AvgIpc) is 3.18. The summed E-state index contributed by atoms with van der Waals surface area (Å²) in [5, 5.41) is 16.1. The van der Waals surface area contributed by atoms with Crippen LogP contribution in [-0.4, -0.2) is 58.9 Å². The second-order valence-electron chi connectivity index (χ2n) is 7.94. The standard InChI is InChI=1S/C20H28N6O3/c1-14-9-17(24-29-14)23-20(28)16-4-7-25(8-5-16)18-10-19(22-13-21-18)26-6-2-3-15(11-26)12-27/h9-10,13,15-16,27H,2-8,11-12H2,1H3,(H,23,24,28). The minimum absolute atomic E-state index is 0.00955. The summed E-state index contributed by atoms with van der Waals surface area (Å²) in [5.41, 5.74) is 0. The van der Waals surface area contributed by atoms with E-state index in [0.717, 1.165) is 63.5 Å². The molecule has 0 aromatic carbocycles. The van der Waals surface area contributed by atoms with E-state index < -0.39 is 0 Å². The Hall–Kier alpha value is -2.68. The molecule has 9 nitrogen and oxygen atoms in total. The Morgan fingerprint density at radius 3 is 2.62 bits per heavy atom. The summed E-state index contributed by atoms with van der Waals surface area (Å²) in [7, 11) is 0. The molecule has 1 atom stereocenters. The number of anilines is 3. The normalized spacial score (nSPS) is 20.7. The molecule has 29 heavy (non-hydrogen) atoms. The van der Waals surface area contributed by atoms with Crippen LogP contribution >= 0.6 is 0 Å². The molecule has 4 rings (SSSR count). The molecule has 4 heterocycles. The van der Waals surface area contributed by atoms with Crippen molar-refractivity contribution in [3.63, 3.8) is 0 Å². The summed E-state index contributed by atoms with van der Waals surface area (Å²) in [6, 6.07) is 3.75. The molecule has 0 saturated carbocycles. The van der Waals surface area contributed by atoms with Crippen LogP contribution in [0.4, 0.5) is 17.5 Å². The molecule has 2 fully saturated rings. The molecule has 1 unspecified atom stereocenters. The third kappa shape index (κ3) is 4.67. The molecule has 2 aliphatic heterocycles. The number of hydrogen-bond acceptors (Lipinski definition) is 8. The molecular formula is C20H28N6O3. The first kappa shape index (κ1) is 19.6. The fraction of sp³-hybridized carbons (Fsp3) is 0.600. The summed E-state index contributed by atoms with van der Waals surface area (Å²) >= 11 is 0. The molecule has 2 N–H and O–H groups in total. The number of aromatic nitrogens is 3. The van der Waals surface area contributed by atoms with Crippen LogP contribution in [0.15, 0.2) is 23.0 Å².